The van der Waals surface area contributed by atoms with Crippen molar-refractivity contribution in [2.75, 3.05) is 0 Å². The monoisotopic (exact) mass is 198 g/mol. The highest BCUT2D eigenvalue weighted by Gasteiger charge is 2.33. The lowest BCUT2D eigenvalue weighted by molar-refractivity contribution is 0.0221. The van der Waals surface area contributed by atoms with E-state index >= 15 is 0 Å². The Morgan fingerprint density at radius 2 is 1.86 bits per heavy atom. The van der Waals surface area contributed by atoms with Gasteiger partial charge in [0.1, 0.15) is 0 Å². The highest BCUT2D eigenvalue weighted by atomic mass is 19.3. The Morgan fingerprint density at radius 3 is 2.29 bits per heavy atom. The molecule has 1 aromatic carbocycles. The van der Waals surface area contributed by atoms with E-state index in [4.69, 9.17) is 0 Å². The summed E-state index contributed by atoms with van der Waals surface area (Å²) in [6.07, 6.45) is 0. The van der Waals surface area contributed by atoms with Crippen molar-refractivity contribution in [1.29, 1.82) is 0 Å². The van der Waals surface area contributed by atoms with Crippen LogP contribution >= 0.6 is 0 Å². The number of Topliss-reactive ketones (excluding diaryl/α,β-unsaturated/α-hetero) is 1. The van der Waals surface area contributed by atoms with Crippen molar-refractivity contribution >= 4 is 5.78 Å². The van der Waals surface area contributed by atoms with Crippen molar-refractivity contribution in [3.05, 3.63) is 34.9 Å². The second-order valence-corrected chi connectivity index (χ2v) is 3.54. The maximum Gasteiger partial charge on any atom is 0.307 e. The predicted octanol–water partition coefficient (Wildman–Crippen LogP) is 3.14. The number of rotatable bonds is 2. The van der Waals surface area contributed by atoms with Crippen molar-refractivity contribution in [2.24, 2.45) is 0 Å². The Morgan fingerprint density at radius 1 is 1.29 bits per heavy atom. The second-order valence-electron chi connectivity index (χ2n) is 3.54. The van der Waals surface area contributed by atoms with E-state index in [0.717, 1.165) is 5.56 Å². The molecule has 14 heavy (non-hydrogen) atoms. The number of aryl methyl sites for hydroxylation is 2. The quantitative estimate of drug-likeness (QED) is 0.667. The Labute approximate surface area is 81.7 Å². The molecule has 0 unspecified atom stereocenters. The number of carbonyl (C=O) groups excluding carboxylic acids is 1. The van der Waals surface area contributed by atoms with Crippen molar-refractivity contribution in [2.45, 2.75) is 26.7 Å². The van der Waals surface area contributed by atoms with E-state index in [1.54, 1.807) is 19.1 Å². The van der Waals surface area contributed by atoms with Gasteiger partial charge in [0.05, 0.1) is 0 Å². The Bertz CT molecular complexity index is 364. The zero-order valence-electron chi connectivity index (χ0n) is 8.40. The molecular weight excluding hydrogens is 186 g/mol. The molecule has 0 heterocycles. The molecule has 1 aromatic rings. The minimum absolute atomic E-state index is 0.100. The molecule has 76 valence electrons. The fourth-order valence-electron chi connectivity index (χ4n) is 1.30. The number of carbonyl (C=O) groups is 1. The molecule has 0 fully saturated rings. The predicted molar refractivity (Wildman–Crippen MR) is 50.9 cm³/mol. The minimum atomic E-state index is -3.29. The van der Waals surface area contributed by atoms with Crippen molar-refractivity contribution in [3.63, 3.8) is 0 Å². The van der Waals surface area contributed by atoms with Crippen LogP contribution in [0.5, 0.6) is 0 Å². The molecule has 0 bridgehead atoms. The van der Waals surface area contributed by atoms with Gasteiger partial charge in [-0.15, -0.1) is 0 Å². The zero-order chi connectivity index (χ0) is 10.9. The maximum absolute atomic E-state index is 12.7. The van der Waals surface area contributed by atoms with Gasteiger partial charge < -0.3 is 0 Å². The van der Waals surface area contributed by atoms with E-state index in [1.807, 2.05) is 6.92 Å². The van der Waals surface area contributed by atoms with Gasteiger partial charge in [0.15, 0.2) is 0 Å². The summed E-state index contributed by atoms with van der Waals surface area (Å²) in [6.45, 7) is 4.13. The molecule has 0 aromatic heterocycles. The minimum Gasteiger partial charge on any atom is -0.287 e. The molecule has 1 rings (SSSR count). The lowest BCUT2D eigenvalue weighted by atomic mass is 9.99. The topological polar surface area (TPSA) is 17.1 Å². The molecule has 0 saturated heterocycles. The Hall–Kier alpha value is -1.25. The standard InChI is InChI=1S/C11H12F2O/c1-7-4-5-9(8(2)6-7)10(14)11(3,12)13/h4-6H,1-3H3. The van der Waals surface area contributed by atoms with Gasteiger partial charge in [-0.3, -0.25) is 4.79 Å². The molecule has 3 heteroatoms. The van der Waals surface area contributed by atoms with Crippen LogP contribution < -0.4 is 0 Å². The maximum atomic E-state index is 12.7. The van der Waals surface area contributed by atoms with Gasteiger partial charge in [-0.2, -0.15) is 8.78 Å². The van der Waals surface area contributed by atoms with Gasteiger partial charge in [0.25, 0.3) is 0 Å². The summed E-state index contributed by atoms with van der Waals surface area (Å²) >= 11 is 0. The van der Waals surface area contributed by atoms with Crippen LogP contribution in [0.1, 0.15) is 28.4 Å². The molecule has 0 aliphatic rings. The number of hydrogen-bond acceptors (Lipinski definition) is 1. The Kier molecular flexibility index (Phi) is 2.69. The normalized spacial score (nSPS) is 11.5. The van der Waals surface area contributed by atoms with Crippen molar-refractivity contribution in [3.8, 4) is 0 Å². The highest BCUT2D eigenvalue weighted by Crippen LogP contribution is 2.21. The summed E-state index contributed by atoms with van der Waals surface area (Å²) in [6, 6.07) is 4.83. The largest absolute Gasteiger partial charge is 0.307 e. The van der Waals surface area contributed by atoms with Gasteiger partial charge >= 0.3 is 5.92 Å². The molecule has 0 aliphatic carbocycles. The van der Waals surface area contributed by atoms with Gasteiger partial charge in [-0.05, 0) is 19.4 Å². The van der Waals surface area contributed by atoms with E-state index < -0.39 is 11.7 Å². The number of benzene rings is 1. The van der Waals surface area contributed by atoms with E-state index in [9.17, 15) is 13.6 Å². The van der Waals surface area contributed by atoms with Crippen molar-refractivity contribution < 1.29 is 13.6 Å². The fourth-order valence-corrected chi connectivity index (χ4v) is 1.30. The SMILES string of the molecule is Cc1ccc(C(=O)C(C)(F)F)c(C)c1. The summed E-state index contributed by atoms with van der Waals surface area (Å²) in [5.41, 5.74) is 1.65. The average Bonchev–Trinajstić information content (AvgIpc) is 2.01. The summed E-state index contributed by atoms with van der Waals surface area (Å²) in [5.74, 6) is -4.41. The fraction of sp³-hybridized carbons (Fsp3) is 0.364. The van der Waals surface area contributed by atoms with E-state index in [2.05, 4.69) is 0 Å². The number of ketones is 1. The number of halogens is 2. The summed E-state index contributed by atoms with van der Waals surface area (Å²) < 4.78 is 25.5. The summed E-state index contributed by atoms with van der Waals surface area (Å²) in [4.78, 5) is 11.2. The Balaban J connectivity index is 3.15. The summed E-state index contributed by atoms with van der Waals surface area (Å²) in [7, 11) is 0. The first-order valence-electron chi connectivity index (χ1n) is 4.32. The molecule has 0 N–H and O–H groups in total. The van der Waals surface area contributed by atoms with Gasteiger partial charge in [0.2, 0.25) is 5.78 Å². The van der Waals surface area contributed by atoms with Gasteiger partial charge in [-0.25, -0.2) is 0 Å². The van der Waals surface area contributed by atoms with Crippen LogP contribution in [-0.4, -0.2) is 11.7 Å². The van der Waals surface area contributed by atoms with Crippen LogP contribution in [-0.2, 0) is 0 Å². The van der Waals surface area contributed by atoms with Gasteiger partial charge in [-0.1, -0.05) is 23.8 Å². The van der Waals surface area contributed by atoms with Crippen LogP contribution in [0.4, 0.5) is 8.78 Å². The first kappa shape index (κ1) is 10.8. The molecule has 0 spiro atoms. The molecule has 1 nitrogen and oxygen atoms in total. The van der Waals surface area contributed by atoms with Crippen LogP contribution in [0.3, 0.4) is 0 Å². The average molecular weight is 198 g/mol. The van der Waals surface area contributed by atoms with E-state index in [1.165, 1.54) is 6.07 Å². The lowest BCUT2D eigenvalue weighted by Crippen LogP contribution is -2.25. The third-order valence-corrected chi connectivity index (χ3v) is 2.03. The van der Waals surface area contributed by atoms with E-state index in [-0.39, 0.29) is 5.56 Å². The molecule has 0 radical (unpaired) electrons. The van der Waals surface area contributed by atoms with E-state index in [0.29, 0.717) is 12.5 Å². The van der Waals surface area contributed by atoms with Crippen LogP contribution in [0.15, 0.2) is 18.2 Å². The highest BCUT2D eigenvalue weighted by molar-refractivity contribution is 6.02. The number of hydrogen-bond donors (Lipinski definition) is 0. The van der Waals surface area contributed by atoms with Crippen LogP contribution in [0, 0.1) is 13.8 Å². The smallest absolute Gasteiger partial charge is 0.287 e. The van der Waals surface area contributed by atoms with Gasteiger partial charge in [0, 0.05) is 12.5 Å². The lowest BCUT2D eigenvalue weighted by Gasteiger charge is -2.11. The third-order valence-electron chi connectivity index (χ3n) is 2.03. The third kappa shape index (κ3) is 2.16. The number of alkyl halides is 2. The molecular formula is C11H12F2O. The second kappa shape index (κ2) is 3.48. The summed E-state index contributed by atoms with van der Waals surface area (Å²) in [5, 5.41) is 0. The molecule has 0 amide bonds. The molecule has 0 atom stereocenters. The molecule has 0 aliphatic heterocycles. The molecule has 0 saturated carbocycles. The first-order valence-corrected chi connectivity index (χ1v) is 4.32. The van der Waals surface area contributed by atoms with Crippen LogP contribution in [0.25, 0.3) is 0 Å². The first-order chi connectivity index (χ1) is 6.32. The van der Waals surface area contributed by atoms with Crippen LogP contribution in [0.2, 0.25) is 0 Å². The zero-order valence-corrected chi connectivity index (χ0v) is 8.40. The van der Waals surface area contributed by atoms with Crippen molar-refractivity contribution in [1.82, 2.24) is 0 Å².